The third-order valence-corrected chi connectivity index (χ3v) is 6.32. The summed E-state index contributed by atoms with van der Waals surface area (Å²) in [6.45, 7) is 8.90. The highest BCUT2D eigenvalue weighted by Gasteiger charge is 2.17. The molecule has 8 nitrogen and oxygen atoms in total. The average Bonchev–Trinajstić information content (AvgIpc) is 3.33. The van der Waals surface area contributed by atoms with Crippen LogP contribution in [-0.2, 0) is 6.42 Å². The third-order valence-electron chi connectivity index (χ3n) is 6.32. The van der Waals surface area contributed by atoms with E-state index in [2.05, 4.69) is 24.8 Å². The number of nitrogens with two attached hydrogens (primary N) is 1. The molecule has 0 atom stereocenters. The van der Waals surface area contributed by atoms with E-state index in [1.165, 1.54) is 23.9 Å². The van der Waals surface area contributed by atoms with Gasteiger partial charge in [0.05, 0.1) is 0 Å². The number of hydrogen-bond acceptors (Lipinski definition) is 6. The summed E-state index contributed by atoms with van der Waals surface area (Å²) >= 11 is 0. The maximum Gasteiger partial charge on any atom is 0.322 e. The van der Waals surface area contributed by atoms with Crippen LogP contribution in [0.2, 0.25) is 0 Å². The van der Waals surface area contributed by atoms with Crippen molar-refractivity contribution in [1.29, 1.82) is 0 Å². The summed E-state index contributed by atoms with van der Waals surface area (Å²) in [6.07, 6.45) is 5.40. The zero-order valence-corrected chi connectivity index (χ0v) is 21.3. The average molecular weight is 505 g/mol. The molecule has 0 aliphatic carbocycles. The first-order valence-electron chi connectivity index (χ1n) is 12.7. The van der Waals surface area contributed by atoms with Gasteiger partial charge in [0.25, 0.3) is 5.91 Å². The molecule has 194 valence electrons. The number of nitrogens with one attached hydrogen (secondary N) is 1. The van der Waals surface area contributed by atoms with E-state index in [0.29, 0.717) is 5.75 Å². The highest BCUT2D eigenvalue weighted by Crippen LogP contribution is 2.24. The van der Waals surface area contributed by atoms with Gasteiger partial charge in [0.2, 0.25) is 0 Å². The number of aromatic amines is 1. The Labute approximate surface area is 216 Å². The molecule has 2 aromatic heterocycles. The Hall–Kier alpha value is -3.98. The Kier molecular flexibility index (Phi) is 8.68. The molecule has 2 aromatic carbocycles. The molecular weight excluding hydrogens is 471 g/mol. The number of aryl methyl sites for hydroxylation is 1. The van der Waals surface area contributed by atoms with Crippen LogP contribution >= 0.6 is 0 Å². The van der Waals surface area contributed by atoms with Gasteiger partial charge in [0.15, 0.2) is 0 Å². The number of H-pyrrole nitrogens is 1. The van der Waals surface area contributed by atoms with Crippen LogP contribution in [0, 0.1) is 5.82 Å². The first-order valence-corrected chi connectivity index (χ1v) is 12.7. The lowest BCUT2D eigenvalue weighted by Gasteiger charge is -2.36. The first kappa shape index (κ1) is 26.1. The van der Waals surface area contributed by atoms with Crippen LogP contribution in [0.1, 0.15) is 36.3 Å². The second-order valence-corrected chi connectivity index (χ2v) is 8.62. The fourth-order valence-electron chi connectivity index (χ4n) is 4.44. The van der Waals surface area contributed by atoms with Gasteiger partial charge in [-0.25, -0.2) is 9.37 Å². The van der Waals surface area contributed by atoms with Gasteiger partial charge in [-0.2, -0.15) is 4.98 Å². The van der Waals surface area contributed by atoms with Crippen LogP contribution in [0.3, 0.4) is 0 Å². The van der Waals surface area contributed by atoms with Gasteiger partial charge in [-0.05, 0) is 73.5 Å². The molecule has 1 aliphatic rings. The number of primary amides is 1. The molecule has 0 spiro atoms. The summed E-state index contributed by atoms with van der Waals surface area (Å²) in [6, 6.07) is 14.2. The second-order valence-electron chi connectivity index (χ2n) is 8.62. The number of anilines is 1. The van der Waals surface area contributed by atoms with Crippen molar-refractivity contribution >= 4 is 22.5 Å². The van der Waals surface area contributed by atoms with E-state index in [9.17, 15) is 9.18 Å². The zero-order chi connectivity index (χ0) is 26.2. The maximum atomic E-state index is 13.6. The van der Waals surface area contributed by atoms with Crippen LogP contribution in [0.4, 0.5) is 10.1 Å². The predicted octanol–water partition coefficient (Wildman–Crippen LogP) is 4.77. The minimum atomic E-state index is -0.625. The topological polar surface area (TPSA) is 100 Å². The third kappa shape index (κ3) is 6.62. The smallest absolute Gasteiger partial charge is 0.322 e. The summed E-state index contributed by atoms with van der Waals surface area (Å²) in [5.41, 5.74) is 8.65. The fraction of sp³-hybridized carbons (Fsp3) is 0.321. The highest BCUT2D eigenvalue weighted by atomic mass is 19.1. The summed E-state index contributed by atoms with van der Waals surface area (Å²) < 4.78 is 19.2. The van der Waals surface area contributed by atoms with Crippen molar-refractivity contribution < 1.29 is 13.9 Å². The summed E-state index contributed by atoms with van der Waals surface area (Å²) in [5.74, 6) is -0.231. The van der Waals surface area contributed by atoms with Gasteiger partial charge in [-0.15, -0.1) is 0 Å². The van der Waals surface area contributed by atoms with Crippen LogP contribution in [-0.4, -0.2) is 58.5 Å². The predicted molar refractivity (Wildman–Crippen MR) is 144 cm³/mol. The molecule has 3 N–H and O–H groups in total. The van der Waals surface area contributed by atoms with Gasteiger partial charge in [-0.3, -0.25) is 9.69 Å². The van der Waals surface area contributed by atoms with Crippen molar-refractivity contribution in [2.45, 2.75) is 26.7 Å². The Morgan fingerprint density at radius 3 is 2.57 bits per heavy atom. The van der Waals surface area contributed by atoms with E-state index in [4.69, 9.17) is 10.5 Å². The number of carbonyl (C=O) groups excluding carboxylic acids is 1. The van der Waals surface area contributed by atoms with Crippen molar-refractivity contribution in [3.63, 3.8) is 0 Å². The lowest BCUT2D eigenvalue weighted by molar-refractivity contribution is 0.0994. The molecule has 5 rings (SSSR count). The fourth-order valence-corrected chi connectivity index (χ4v) is 4.44. The number of aromatic nitrogens is 3. The maximum absolute atomic E-state index is 13.6. The van der Waals surface area contributed by atoms with Crippen LogP contribution in [0.15, 0.2) is 60.9 Å². The van der Waals surface area contributed by atoms with Gasteiger partial charge in [0, 0.05) is 55.2 Å². The molecule has 1 saturated heterocycles. The number of nitrogens with zero attached hydrogens (tertiary/aromatic N) is 4. The number of fused-ring (bicyclic) bond motifs is 1. The second kappa shape index (κ2) is 12.3. The van der Waals surface area contributed by atoms with Crippen molar-refractivity contribution in [2.24, 2.45) is 5.73 Å². The van der Waals surface area contributed by atoms with E-state index in [0.717, 1.165) is 62.2 Å². The Morgan fingerprint density at radius 2 is 1.84 bits per heavy atom. The van der Waals surface area contributed by atoms with E-state index in [-0.39, 0.29) is 17.5 Å². The molecule has 0 bridgehead atoms. The quantitative estimate of drug-likeness (QED) is 0.359. The number of ether oxygens (including phenoxy) is 1. The minimum absolute atomic E-state index is 0.0837. The number of carbonyl (C=O) groups is 1. The Morgan fingerprint density at radius 1 is 1.08 bits per heavy atom. The molecular formula is C28H33FN6O2. The molecule has 3 heterocycles. The zero-order valence-electron chi connectivity index (χ0n) is 21.3. The summed E-state index contributed by atoms with van der Waals surface area (Å²) in [7, 11) is 0. The Bertz CT molecular complexity index is 1320. The van der Waals surface area contributed by atoms with Crippen LogP contribution in [0.5, 0.6) is 11.8 Å². The summed E-state index contributed by atoms with van der Waals surface area (Å²) in [4.78, 5) is 27.4. The van der Waals surface area contributed by atoms with Crippen molar-refractivity contribution in [3.05, 3.63) is 78.0 Å². The van der Waals surface area contributed by atoms with E-state index < -0.39 is 5.91 Å². The molecule has 0 radical (unpaired) electrons. The van der Waals surface area contributed by atoms with Crippen LogP contribution in [0.25, 0.3) is 10.9 Å². The van der Waals surface area contributed by atoms with Gasteiger partial charge in [0.1, 0.15) is 17.3 Å². The monoisotopic (exact) mass is 504 g/mol. The largest absolute Gasteiger partial charge is 0.424 e. The molecule has 37 heavy (non-hydrogen) atoms. The SMILES string of the molecule is CC.NC(=O)c1ccnc(Oc2ccc(N3CCN(CCCc4c[nH]c5ccc(F)cc45)CC3)cc2)n1. The van der Waals surface area contributed by atoms with Gasteiger partial charge in [-0.1, -0.05) is 13.8 Å². The van der Waals surface area contributed by atoms with Crippen molar-refractivity contribution in [2.75, 3.05) is 37.6 Å². The Balaban J connectivity index is 0.00000156. The molecule has 9 heteroatoms. The molecule has 1 aliphatic heterocycles. The number of piperazine rings is 1. The van der Waals surface area contributed by atoms with Crippen molar-refractivity contribution in [1.82, 2.24) is 19.9 Å². The van der Waals surface area contributed by atoms with Gasteiger partial charge >= 0.3 is 6.01 Å². The minimum Gasteiger partial charge on any atom is -0.424 e. The standard InChI is InChI=1S/C26H27FN6O2.C2H6/c27-19-3-8-23-22(16-19)18(17-30-23)2-1-11-32-12-14-33(15-13-32)20-4-6-21(7-5-20)35-26-29-10-9-24(31-26)25(28)34;1-2/h3-10,16-17,30H,1-2,11-15H2,(H2,28,34);1-2H3. The number of amides is 1. The first-order chi connectivity index (χ1) is 18.0. The molecule has 0 saturated carbocycles. The lowest BCUT2D eigenvalue weighted by Crippen LogP contribution is -2.46. The lowest BCUT2D eigenvalue weighted by atomic mass is 10.1. The van der Waals surface area contributed by atoms with E-state index in [1.807, 2.05) is 44.3 Å². The van der Waals surface area contributed by atoms with E-state index >= 15 is 0 Å². The van der Waals surface area contributed by atoms with Crippen LogP contribution < -0.4 is 15.4 Å². The normalized spacial score (nSPS) is 13.8. The molecule has 4 aromatic rings. The highest BCUT2D eigenvalue weighted by molar-refractivity contribution is 5.90. The number of benzene rings is 2. The van der Waals surface area contributed by atoms with E-state index in [1.54, 1.807) is 12.1 Å². The summed E-state index contributed by atoms with van der Waals surface area (Å²) in [5, 5.41) is 0.981. The molecule has 1 fully saturated rings. The number of rotatable bonds is 8. The number of halogens is 1. The molecule has 0 unspecified atom stereocenters. The van der Waals surface area contributed by atoms with Crippen molar-refractivity contribution in [3.8, 4) is 11.8 Å². The number of hydrogen-bond donors (Lipinski definition) is 2. The van der Waals surface area contributed by atoms with Gasteiger partial charge < -0.3 is 20.4 Å². The molecule has 1 amide bonds.